The summed E-state index contributed by atoms with van der Waals surface area (Å²) in [4.78, 5) is 13.5. The molecule has 0 aliphatic carbocycles. The normalized spacial score (nSPS) is 11.2. The zero-order valence-corrected chi connectivity index (χ0v) is 12.1. The lowest BCUT2D eigenvalue weighted by atomic mass is 9.87. The zero-order chi connectivity index (χ0) is 13.8. The van der Waals surface area contributed by atoms with E-state index in [0.717, 1.165) is 5.69 Å². The summed E-state index contributed by atoms with van der Waals surface area (Å²) in [6.45, 7) is 9.58. The number of nitrogens with zero attached hydrogens (tertiary/aromatic N) is 1. The van der Waals surface area contributed by atoms with Crippen LogP contribution in [-0.2, 0) is 10.2 Å². The average Bonchev–Trinajstić information content (AvgIpc) is 2.28. The van der Waals surface area contributed by atoms with Gasteiger partial charge in [0.2, 0.25) is 5.91 Å². The van der Waals surface area contributed by atoms with E-state index < -0.39 is 0 Å². The quantitative estimate of drug-likeness (QED) is 0.888. The summed E-state index contributed by atoms with van der Waals surface area (Å²) in [5.74, 6) is 0.0555. The fourth-order valence-corrected chi connectivity index (χ4v) is 1.78. The second-order valence-electron chi connectivity index (χ2n) is 5.61. The predicted octanol–water partition coefficient (Wildman–Crippen LogP) is 2.56. The average molecular weight is 248 g/mol. The van der Waals surface area contributed by atoms with Crippen LogP contribution in [0, 0.1) is 0 Å². The molecule has 3 nitrogen and oxygen atoms in total. The molecule has 0 radical (unpaired) electrons. The third kappa shape index (κ3) is 4.06. The van der Waals surface area contributed by atoms with Gasteiger partial charge in [0.1, 0.15) is 0 Å². The van der Waals surface area contributed by atoms with Crippen LogP contribution in [0.2, 0.25) is 0 Å². The Labute approximate surface area is 110 Å². The molecular formula is C15H24N2O. The van der Waals surface area contributed by atoms with E-state index in [-0.39, 0.29) is 11.3 Å². The molecule has 0 saturated heterocycles. The molecule has 1 amide bonds. The second kappa shape index (κ2) is 5.89. The topological polar surface area (TPSA) is 32.3 Å². The number of hydrogen-bond donors (Lipinski definition) is 1. The number of nitrogens with one attached hydrogen (secondary N) is 1. The number of rotatable bonds is 4. The molecule has 0 heterocycles. The van der Waals surface area contributed by atoms with Crippen LogP contribution in [0.25, 0.3) is 0 Å². The first-order chi connectivity index (χ1) is 8.34. The third-order valence-electron chi connectivity index (χ3n) is 2.93. The van der Waals surface area contributed by atoms with E-state index in [9.17, 15) is 4.79 Å². The molecule has 0 fully saturated rings. The highest BCUT2D eigenvalue weighted by atomic mass is 16.1. The Hall–Kier alpha value is -1.51. The van der Waals surface area contributed by atoms with E-state index in [2.05, 4.69) is 50.4 Å². The molecule has 3 heteroatoms. The van der Waals surface area contributed by atoms with Crippen LogP contribution in [0.15, 0.2) is 24.3 Å². The summed E-state index contributed by atoms with van der Waals surface area (Å²) in [5.41, 5.74) is 2.53. The van der Waals surface area contributed by atoms with Crippen LogP contribution in [-0.4, -0.2) is 26.0 Å². The minimum Gasteiger partial charge on any atom is -0.365 e. The van der Waals surface area contributed by atoms with Crippen molar-refractivity contribution in [3.8, 4) is 0 Å². The molecule has 0 bridgehead atoms. The fourth-order valence-electron chi connectivity index (χ4n) is 1.78. The molecule has 0 aliphatic heterocycles. The van der Waals surface area contributed by atoms with E-state index in [1.54, 1.807) is 0 Å². The summed E-state index contributed by atoms with van der Waals surface area (Å²) in [5, 5.41) is 2.80. The summed E-state index contributed by atoms with van der Waals surface area (Å²) < 4.78 is 0. The zero-order valence-electron chi connectivity index (χ0n) is 12.1. The van der Waals surface area contributed by atoms with Crippen LogP contribution < -0.4 is 10.2 Å². The number of hydrogen-bond acceptors (Lipinski definition) is 2. The summed E-state index contributed by atoms with van der Waals surface area (Å²) in [7, 11) is 1.93. The number of benzene rings is 1. The number of carbonyl (C=O) groups is 1. The molecule has 0 aliphatic rings. The van der Waals surface area contributed by atoms with Crippen molar-refractivity contribution in [1.29, 1.82) is 0 Å². The van der Waals surface area contributed by atoms with Gasteiger partial charge in [-0.2, -0.15) is 0 Å². The Morgan fingerprint density at radius 1 is 1.22 bits per heavy atom. The molecule has 1 N–H and O–H groups in total. The molecule has 0 saturated carbocycles. The van der Waals surface area contributed by atoms with Crippen LogP contribution in [0.5, 0.6) is 0 Å². The van der Waals surface area contributed by atoms with Crippen molar-refractivity contribution < 1.29 is 4.79 Å². The summed E-state index contributed by atoms with van der Waals surface area (Å²) >= 11 is 0. The predicted molar refractivity (Wildman–Crippen MR) is 77.1 cm³/mol. The Morgan fingerprint density at radius 2 is 1.78 bits per heavy atom. The van der Waals surface area contributed by atoms with Gasteiger partial charge in [0.25, 0.3) is 0 Å². The van der Waals surface area contributed by atoms with Crippen molar-refractivity contribution in [3.05, 3.63) is 29.8 Å². The largest absolute Gasteiger partial charge is 0.365 e. The number of anilines is 1. The number of likely N-dealkylation sites (N-methyl/N-ethyl adjacent to an activating group) is 2. The lowest BCUT2D eigenvalue weighted by Crippen LogP contribution is -2.34. The maximum Gasteiger partial charge on any atom is 0.239 e. The molecule has 100 valence electrons. The molecule has 0 aromatic heterocycles. The monoisotopic (exact) mass is 248 g/mol. The van der Waals surface area contributed by atoms with Gasteiger partial charge < -0.3 is 10.2 Å². The highest BCUT2D eigenvalue weighted by Gasteiger charge is 2.13. The van der Waals surface area contributed by atoms with Crippen LogP contribution in [0.3, 0.4) is 0 Å². The van der Waals surface area contributed by atoms with E-state index in [1.807, 2.05) is 18.9 Å². The van der Waals surface area contributed by atoms with Crippen molar-refractivity contribution >= 4 is 11.6 Å². The molecule has 1 rings (SSSR count). The van der Waals surface area contributed by atoms with Gasteiger partial charge >= 0.3 is 0 Å². The number of amides is 1. The van der Waals surface area contributed by atoms with Crippen molar-refractivity contribution in [3.63, 3.8) is 0 Å². The van der Waals surface area contributed by atoms with E-state index >= 15 is 0 Å². The van der Waals surface area contributed by atoms with Crippen molar-refractivity contribution in [2.45, 2.75) is 33.1 Å². The highest BCUT2D eigenvalue weighted by Crippen LogP contribution is 2.24. The molecule has 0 unspecified atom stereocenters. The Bertz CT molecular complexity index is 390. The molecule has 1 aromatic carbocycles. The van der Waals surface area contributed by atoms with Crippen molar-refractivity contribution in [1.82, 2.24) is 5.32 Å². The van der Waals surface area contributed by atoms with Gasteiger partial charge in [-0.15, -0.1) is 0 Å². The molecular weight excluding hydrogens is 224 g/mol. The minimum absolute atomic E-state index is 0.0555. The van der Waals surface area contributed by atoms with E-state index in [1.165, 1.54) is 5.56 Å². The van der Waals surface area contributed by atoms with Gasteiger partial charge in [0.15, 0.2) is 0 Å². The number of carbonyl (C=O) groups excluding carboxylic acids is 1. The Balaban J connectivity index is 2.70. The third-order valence-corrected chi connectivity index (χ3v) is 2.93. The first kappa shape index (κ1) is 14.6. The smallest absolute Gasteiger partial charge is 0.239 e. The standard InChI is InChI=1S/C15H24N2O/c1-6-16-14(18)11-17(5)13-9-7-12(8-10-13)15(2,3)4/h7-10H,6,11H2,1-5H3,(H,16,18). The van der Waals surface area contributed by atoms with E-state index in [0.29, 0.717) is 13.1 Å². The first-order valence-electron chi connectivity index (χ1n) is 6.43. The van der Waals surface area contributed by atoms with Crippen LogP contribution >= 0.6 is 0 Å². The van der Waals surface area contributed by atoms with Gasteiger partial charge in [0.05, 0.1) is 6.54 Å². The fraction of sp³-hybridized carbons (Fsp3) is 0.533. The lowest BCUT2D eigenvalue weighted by Gasteiger charge is -2.22. The van der Waals surface area contributed by atoms with Gasteiger partial charge in [-0.25, -0.2) is 0 Å². The lowest BCUT2D eigenvalue weighted by molar-refractivity contribution is -0.119. The van der Waals surface area contributed by atoms with Gasteiger partial charge in [-0.1, -0.05) is 32.9 Å². The van der Waals surface area contributed by atoms with Gasteiger partial charge in [-0.3, -0.25) is 4.79 Å². The Kier molecular flexibility index (Phi) is 4.76. The minimum atomic E-state index is 0.0555. The molecule has 18 heavy (non-hydrogen) atoms. The van der Waals surface area contributed by atoms with Crippen LogP contribution in [0.1, 0.15) is 33.3 Å². The SMILES string of the molecule is CCNC(=O)CN(C)c1ccc(C(C)(C)C)cc1. The molecule has 0 spiro atoms. The Morgan fingerprint density at radius 3 is 2.22 bits per heavy atom. The van der Waals surface area contributed by atoms with Crippen molar-refractivity contribution in [2.75, 3.05) is 25.0 Å². The van der Waals surface area contributed by atoms with Crippen LogP contribution in [0.4, 0.5) is 5.69 Å². The summed E-state index contributed by atoms with van der Waals surface area (Å²) in [6.07, 6.45) is 0. The molecule has 0 atom stereocenters. The molecule has 1 aromatic rings. The van der Waals surface area contributed by atoms with E-state index in [4.69, 9.17) is 0 Å². The van der Waals surface area contributed by atoms with Crippen molar-refractivity contribution in [2.24, 2.45) is 0 Å². The first-order valence-corrected chi connectivity index (χ1v) is 6.43. The summed E-state index contributed by atoms with van der Waals surface area (Å²) in [6, 6.07) is 8.40. The maximum absolute atomic E-state index is 11.5. The van der Waals surface area contributed by atoms with Gasteiger partial charge in [-0.05, 0) is 30.0 Å². The second-order valence-corrected chi connectivity index (χ2v) is 5.61. The van der Waals surface area contributed by atoms with Gasteiger partial charge in [0, 0.05) is 19.3 Å². The highest BCUT2D eigenvalue weighted by molar-refractivity contribution is 5.81. The maximum atomic E-state index is 11.5.